The lowest BCUT2D eigenvalue weighted by Gasteiger charge is -2.10. The van der Waals surface area contributed by atoms with E-state index in [1.807, 2.05) is 6.08 Å². The van der Waals surface area contributed by atoms with Gasteiger partial charge in [-0.15, -0.1) is 6.58 Å². The molecule has 0 aliphatic rings. The fraction of sp³-hybridized carbons (Fsp3) is 0.667. The first kappa shape index (κ1) is 9.70. The van der Waals surface area contributed by atoms with Gasteiger partial charge in [-0.05, 0) is 25.7 Å². The zero-order chi connectivity index (χ0) is 7.82. The van der Waals surface area contributed by atoms with Crippen LogP contribution in [-0.4, -0.2) is 13.2 Å². The zero-order valence-electron chi connectivity index (χ0n) is 6.81. The molecule has 0 N–H and O–H groups in total. The first-order valence-electron chi connectivity index (χ1n) is 3.78. The second kappa shape index (κ2) is 6.81. The Morgan fingerprint density at radius 3 is 2.70 bits per heavy atom. The number of ether oxygens (including phenoxy) is 1. The number of unbranched alkanes of at least 4 members (excludes halogenated alkanes) is 1. The fourth-order valence-corrected chi connectivity index (χ4v) is 0.870. The Kier molecular flexibility index (Phi) is 6.61. The first-order chi connectivity index (χ1) is 4.85. The smallest absolute Gasteiger partial charge is 0.0571 e. The Bertz CT molecular complexity index is 74.8. The topological polar surface area (TPSA) is 9.23 Å². The van der Waals surface area contributed by atoms with Crippen LogP contribution in [0.5, 0.6) is 0 Å². The van der Waals surface area contributed by atoms with Gasteiger partial charge in [0.1, 0.15) is 0 Å². The largest absolute Gasteiger partial charge is 0.381 e. The molecule has 1 atom stereocenters. The van der Waals surface area contributed by atoms with E-state index in [0.29, 0.717) is 6.10 Å². The number of methoxy groups -OCH3 is 1. The molecule has 1 unspecified atom stereocenters. The van der Waals surface area contributed by atoms with E-state index in [2.05, 4.69) is 13.5 Å². The Labute approximate surface area is 64.1 Å². The number of hydrogen-bond donors (Lipinski definition) is 0. The molecule has 1 heteroatoms. The summed E-state index contributed by atoms with van der Waals surface area (Å²) in [6.45, 7) is 7.44. The SMILES string of the molecule is [CH2]CC(CCCC=C)OC. The summed E-state index contributed by atoms with van der Waals surface area (Å²) in [6.07, 6.45) is 6.51. The monoisotopic (exact) mass is 141 g/mol. The Morgan fingerprint density at radius 2 is 2.30 bits per heavy atom. The molecule has 0 aromatic rings. The second-order valence-corrected chi connectivity index (χ2v) is 2.37. The van der Waals surface area contributed by atoms with Crippen LogP contribution in [-0.2, 0) is 4.74 Å². The maximum atomic E-state index is 5.15. The molecule has 0 amide bonds. The van der Waals surface area contributed by atoms with E-state index in [1.54, 1.807) is 7.11 Å². The molecule has 0 saturated heterocycles. The summed E-state index contributed by atoms with van der Waals surface area (Å²) in [6, 6.07) is 0. The van der Waals surface area contributed by atoms with Crippen LogP contribution in [0, 0.1) is 6.92 Å². The van der Waals surface area contributed by atoms with Crippen LogP contribution in [0.3, 0.4) is 0 Å². The standard InChI is InChI=1S/C9H17O/c1-4-6-7-8-9(5-2)10-3/h4,9H,1-2,5-8H2,3H3. The average molecular weight is 141 g/mol. The zero-order valence-corrected chi connectivity index (χ0v) is 6.81. The lowest BCUT2D eigenvalue weighted by molar-refractivity contribution is 0.0956. The van der Waals surface area contributed by atoms with Crippen molar-refractivity contribution in [3.63, 3.8) is 0 Å². The van der Waals surface area contributed by atoms with Crippen molar-refractivity contribution in [3.8, 4) is 0 Å². The third kappa shape index (κ3) is 4.57. The van der Waals surface area contributed by atoms with Crippen molar-refractivity contribution in [2.24, 2.45) is 0 Å². The highest BCUT2D eigenvalue weighted by Crippen LogP contribution is 2.06. The van der Waals surface area contributed by atoms with Gasteiger partial charge in [-0.1, -0.05) is 13.0 Å². The van der Waals surface area contributed by atoms with Gasteiger partial charge in [0.25, 0.3) is 0 Å². The summed E-state index contributed by atoms with van der Waals surface area (Å²) >= 11 is 0. The van der Waals surface area contributed by atoms with Gasteiger partial charge in [0, 0.05) is 7.11 Å². The van der Waals surface area contributed by atoms with E-state index in [9.17, 15) is 0 Å². The number of rotatable bonds is 6. The molecule has 0 bridgehead atoms. The van der Waals surface area contributed by atoms with E-state index < -0.39 is 0 Å². The summed E-state index contributed by atoms with van der Waals surface area (Å²) in [4.78, 5) is 0. The fourth-order valence-electron chi connectivity index (χ4n) is 0.870. The molecular weight excluding hydrogens is 124 g/mol. The minimum atomic E-state index is 0.347. The molecule has 0 rings (SSSR count). The van der Waals surface area contributed by atoms with Crippen molar-refractivity contribution in [1.29, 1.82) is 0 Å². The van der Waals surface area contributed by atoms with E-state index in [1.165, 1.54) is 0 Å². The minimum absolute atomic E-state index is 0.347. The summed E-state index contributed by atoms with van der Waals surface area (Å²) in [5, 5.41) is 0. The Balaban J connectivity index is 3.16. The van der Waals surface area contributed by atoms with Crippen LogP contribution < -0.4 is 0 Å². The molecule has 0 saturated carbocycles. The quantitative estimate of drug-likeness (QED) is 0.408. The molecule has 10 heavy (non-hydrogen) atoms. The Morgan fingerprint density at radius 1 is 1.60 bits per heavy atom. The lowest BCUT2D eigenvalue weighted by atomic mass is 10.1. The van der Waals surface area contributed by atoms with E-state index in [4.69, 9.17) is 4.74 Å². The van der Waals surface area contributed by atoms with Crippen molar-refractivity contribution < 1.29 is 4.74 Å². The van der Waals surface area contributed by atoms with Gasteiger partial charge in [0.2, 0.25) is 0 Å². The molecule has 0 aromatic carbocycles. The molecule has 1 radical (unpaired) electrons. The van der Waals surface area contributed by atoms with Gasteiger partial charge in [0.05, 0.1) is 6.10 Å². The van der Waals surface area contributed by atoms with E-state index >= 15 is 0 Å². The number of allylic oxidation sites excluding steroid dienone is 1. The van der Waals surface area contributed by atoms with E-state index in [0.717, 1.165) is 25.7 Å². The summed E-state index contributed by atoms with van der Waals surface area (Å²) in [5.41, 5.74) is 0. The van der Waals surface area contributed by atoms with Crippen molar-refractivity contribution in [2.45, 2.75) is 31.8 Å². The molecule has 0 aromatic heterocycles. The maximum absolute atomic E-state index is 5.15. The van der Waals surface area contributed by atoms with Gasteiger partial charge < -0.3 is 4.74 Å². The predicted octanol–water partition coefficient (Wildman–Crippen LogP) is 2.58. The Hall–Kier alpha value is -0.300. The number of hydrogen-bond acceptors (Lipinski definition) is 1. The molecule has 59 valence electrons. The summed E-state index contributed by atoms with van der Waals surface area (Å²) < 4.78 is 5.15. The van der Waals surface area contributed by atoms with Crippen molar-refractivity contribution in [2.75, 3.05) is 7.11 Å². The predicted molar refractivity (Wildman–Crippen MR) is 44.8 cm³/mol. The third-order valence-corrected chi connectivity index (χ3v) is 1.59. The van der Waals surface area contributed by atoms with Crippen LogP contribution in [0.1, 0.15) is 25.7 Å². The van der Waals surface area contributed by atoms with Gasteiger partial charge in [0.15, 0.2) is 0 Å². The van der Waals surface area contributed by atoms with Crippen LogP contribution in [0.4, 0.5) is 0 Å². The molecule has 1 nitrogen and oxygen atoms in total. The van der Waals surface area contributed by atoms with Gasteiger partial charge in [-0.25, -0.2) is 0 Å². The van der Waals surface area contributed by atoms with Crippen molar-refractivity contribution in [3.05, 3.63) is 19.6 Å². The normalized spacial score (nSPS) is 13.0. The second-order valence-electron chi connectivity index (χ2n) is 2.37. The third-order valence-electron chi connectivity index (χ3n) is 1.59. The van der Waals surface area contributed by atoms with Crippen molar-refractivity contribution >= 4 is 0 Å². The van der Waals surface area contributed by atoms with E-state index in [-0.39, 0.29) is 0 Å². The van der Waals surface area contributed by atoms with Gasteiger partial charge in [-0.2, -0.15) is 0 Å². The first-order valence-corrected chi connectivity index (χ1v) is 3.78. The van der Waals surface area contributed by atoms with Crippen LogP contribution in [0.2, 0.25) is 0 Å². The van der Waals surface area contributed by atoms with Crippen LogP contribution in [0.25, 0.3) is 0 Å². The lowest BCUT2D eigenvalue weighted by Crippen LogP contribution is -2.07. The van der Waals surface area contributed by atoms with Gasteiger partial charge >= 0.3 is 0 Å². The highest BCUT2D eigenvalue weighted by atomic mass is 16.5. The molecule has 0 spiro atoms. The maximum Gasteiger partial charge on any atom is 0.0571 e. The highest BCUT2D eigenvalue weighted by molar-refractivity contribution is 4.68. The molecular formula is C9H17O. The minimum Gasteiger partial charge on any atom is -0.381 e. The molecule has 0 fully saturated rings. The average Bonchev–Trinajstić information content (AvgIpc) is 1.99. The molecule has 0 aliphatic heterocycles. The summed E-state index contributed by atoms with van der Waals surface area (Å²) in [7, 11) is 1.74. The molecule has 0 heterocycles. The molecule has 0 aliphatic carbocycles. The van der Waals surface area contributed by atoms with Gasteiger partial charge in [-0.3, -0.25) is 0 Å². The van der Waals surface area contributed by atoms with Crippen molar-refractivity contribution in [1.82, 2.24) is 0 Å². The summed E-state index contributed by atoms with van der Waals surface area (Å²) in [5.74, 6) is 0. The van der Waals surface area contributed by atoms with Crippen LogP contribution >= 0.6 is 0 Å². The van der Waals surface area contributed by atoms with Crippen LogP contribution in [0.15, 0.2) is 12.7 Å². The highest BCUT2D eigenvalue weighted by Gasteiger charge is 2.01.